The van der Waals surface area contributed by atoms with Crippen LogP contribution in [0.15, 0.2) is 60.7 Å². The first-order chi connectivity index (χ1) is 12.5. The number of aliphatic hydroxyl groups excluding tert-OH is 1. The lowest BCUT2D eigenvalue weighted by atomic mass is 9.83. The normalized spacial score (nSPS) is 20.6. The number of amides is 1. The van der Waals surface area contributed by atoms with Crippen LogP contribution in [0.5, 0.6) is 0 Å². The average Bonchev–Trinajstić information content (AvgIpc) is 2.85. The lowest BCUT2D eigenvalue weighted by Crippen LogP contribution is -2.44. The number of carbonyl (C=O) groups is 1. The van der Waals surface area contributed by atoms with Crippen molar-refractivity contribution < 1.29 is 15.0 Å². The van der Waals surface area contributed by atoms with Crippen molar-refractivity contribution in [1.29, 1.82) is 0 Å². The molecule has 0 saturated carbocycles. The number of nitrogens with zero attached hydrogens (tertiary/aromatic N) is 1. The van der Waals surface area contributed by atoms with Gasteiger partial charge >= 0.3 is 0 Å². The van der Waals surface area contributed by atoms with Crippen LogP contribution in [0.3, 0.4) is 0 Å². The molecule has 26 heavy (non-hydrogen) atoms. The second kappa shape index (κ2) is 7.90. The SMILES string of the molecule is C[C@H](/C=C/CCO)[C@@]1(O)C(=O)N(Cc2ccccc2)c2ccc(I)cc21. The molecule has 2 aromatic rings. The molecule has 0 unspecified atom stereocenters. The smallest absolute Gasteiger partial charge is 0.264 e. The van der Waals surface area contributed by atoms with Crippen molar-refractivity contribution in [2.24, 2.45) is 5.92 Å². The Morgan fingerprint density at radius 3 is 2.65 bits per heavy atom. The summed E-state index contributed by atoms with van der Waals surface area (Å²) >= 11 is 2.19. The molecule has 0 fully saturated rings. The molecule has 0 radical (unpaired) electrons. The molecule has 0 saturated heterocycles. The molecule has 1 aliphatic rings. The van der Waals surface area contributed by atoms with E-state index in [2.05, 4.69) is 22.6 Å². The Morgan fingerprint density at radius 1 is 1.23 bits per heavy atom. The fraction of sp³-hybridized carbons (Fsp3) is 0.286. The topological polar surface area (TPSA) is 60.8 Å². The maximum Gasteiger partial charge on any atom is 0.264 e. The minimum Gasteiger partial charge on any atom is -0.396 e. The van der Waals surface area contributed by atoms with Gasteiger partial charge in [0, 0.05) is 21.7 Å². The van der Waals surface area contributed by atoms with Crippen molar-refractivity contribution in [3.05, 3.63) is 75.4 Å². The van der Waals surface area contributed by atoms with Crippen LogP contribution < -0.4 is 4.90 Å². The summed E-state index contributed by atoms with van der Waals surface area (Å²) in [6.07, 6.45) is 4.12. The monoisotopic (exact) mass is 463 g/mol. The van der Waals surface area contributed by atoms with Crippen LogP contribution in [0.2, 0.25) is 0 Å². The van der Waals surface area contributed by atoms with Gasteiger partial charge in [-0.2, -0.15) is 0 Å². The zero-order valence-electron chi connectivity index (χ0n) is 14.6. The number of carbonyl (C=O) groups excluding carboxylic acids is 1. The van der Waals surface area contributed by atoms with Gasteiger partial charge < -0.3 is 15.1 Å². The summed E-state index contributed by atoms with van der Waals surface area (Å²) < 4.78 is 0.973. The highest BCUT2D eigenvalue weighted by atomic mass is 127. The van der Waals surface area contributed by atoms with Crippen LogP contribution in [0, 0.1) is 9.49 Å². The lowest BCUT2D eigenvalue weighted by Gasteiger charge is -2.27. The van der Waals surface area contributed by atoms with Gasteiger partial charge in [-0.25, -0.2) is 0 Å². The number of fused-ring (bicyclic) bond motifs is 1. The summed E-state index contributed by atoms with van der Waals surface area (Å²) in [5.41, 5.74) is 0.811. The molecule has 0 aromatic heterocycles. The number of hydrogen-bond acceptors (Lipinski definition) is 3. The molecule has 1 amide bonds. The molecule has 5 heteroatoms. The first-order valence-electron chi connectivity index (χ1n) is 8.64. The van der Waals surface area contributed by atoms with Crippen molar-refractivity contribution in [1.82, 2.24) is 0 Å². The molecule has 0 bridgehead atoms. The van der Waals surface area contributed by atoms with Crippen molar-refractivity contribution in [3.63, 3.8) is 0 Å². The van der Waals surface area contributed by atoms with Crippen LogP contribution in [0.1, 0.15) is 24.5 Å². The standard InChI is InChI=1S/C21H22INO3/c1-15(7-5-6-12-24)21(26)18-13-17(22)10-11-19(18)23(20(21)25)14-16-8-3-2-4-9-16/h2-5,7-11,13,15,24,26H,6,12,14H2,1H3/b7-5+/t15-,21+/m1/s1. The first-order valence-corrected chi connectivity index (χ1v) is 9.72. The summed E-state index contributed by atoms with van der Waals surface area (Å²) in [7, 11) is 0. The number of benzene rings is 2. The van der Waals surface area contributed by atoms with Gasteiger partial charge in [0.2, 0.25) is 0 Å². The van der Waals surface area contributed by atoms with Gasteiger partial charge in [0.25, 0.3) is 5.91 Å². The van der Waals surface area contributed by atoms with Crippen LogP contribution in [-0.4, -0.2) is 22.7 Å². The number of hydrogen-bond donors (Lipinski definition) is 2. The fourth-order valence-corrected chi connectivity index (χ4v) is 3.85. The van der Waals surface area contributed by atoms with E-state index in [4.69, 9.17) is 5.11 Å². The Bertz CT molecular complexity index is 821. The van der Waals surface area contributed by atoms with E-state index in [1.807, 2.05) is 67.6 Å². The van der Waals surface area contributed by atoms with Crippen molar-refractivity contribution in [2.75, 3.05) is 11.5 Å². The highest BCUT2D eigenvalue weighted by Crippen LogP contribution is 2.46. The Kier molecular flexibility index (Phi) is 5.79. The summed E-state index contributed by atoms with van der Waals surface area (Å²) in [5.74, 6) is -0.709. The van der Waals surface area contributed by atoms with E-state index >= 15 is 0 Å². The second-order valence-corrected chi connectivity index (χ2v) is 7.78. The fourth-order valence-electron chi connectivity index (χ4n) is 3.36. The largest absolute Gasteiger partial charge is 0.396 e. The molecule has 0 spiro atoms. The number of rotatable bonds is 6. The Hall–Kier alpha value is -1.70. The number of anilines is 1. The highest BCUT2D eigenvalue weighted by Gasteiger charge is 2.52. The van der Waals surface area contributed by atoms with Crippen LogP contribution >= 0.6 is 22.6 Å². The Balaban J connectivity index is 2.02. The van der Waals surface area contributed by atoms with Gasteiger partial charge in [-0.15, -0.1) is 0 Å². The van der Waals surface area contributed by atoms with Crippen molar-refractivity contribution in [2.45, 2.75) is 25.5 Å². The molecule has 2 atom stereocenters. The van der Waals surface area contributed by atoms with E-state index in [9.17, 15) is 9.90 Å². The third kappa shape index (κ3) is 3.43. The molecule has 1 aliphatic heterocycles. The van der Waals surface area contributed by atoms with Crippen molar-refractivity contribution >= 4 is 34.2 Å². The molecule has 4 nitrogen and oxygen atoms in total. The molecular formula is C21H22INO3. The molecule has 2 N–H and O–H groups in total. The van der Waals surface area contributed by atoms with E-state index in [0.717, 1.165) is 14.8 Å². The van der Waals surface area contributed by atoms with Gasteiger partial charge in [-0.1, -0.05) is 49.4 Å². The summed E-state index contributed by atoms with van der Waals surface area (Å²) in [6.45, 7) is 2.30. The second-order valence-electron chi connectivity index (χ2n) is 6.53. The molecule has 0 aliphatic carbocycles. The maximum absolute atomic E-state index is 13.3. The minimum atomic E-state index is -1.60. The van der Waals surface area contributed by atoms with E-state index in [1.54, 1.807) is 4.90 Å². The predicted molar refractivity (Wildman–Crippen MR) is 111 cm³/mol. The third-order valence-electron chi connectivity index (χ3n) is 4.79. The average molecular weight is 463 g/mol. The Morgan fingerprint density at radius 2 is 1.96 bits per heavy atom. The van der Waals surface area contributed by atoms with Gasteiger partial charge in [0.05, 0.1) is 12.2 Å². The van der Waals surface area contributed by atoms with Crippen LogP contribution in [0.4, 0.5) is 5.69 Å². The van der Waals surface area contributed by atoms with Crippen LogP contribution in [0.25, 0.3) is 0 Å². The quantitative estimate of drug-likeness (QED) is 0.509. The van der Waals surface area contributed by atoms with E-state index in [-0.39, 0.29) is 12.5 Å². The zero-order chi connectivity index (χ0) is 18.7. The van der Waals surface area contributed by atoms with E-state index in [0.29, 0.717) is 18.5 Å². The molecule has 2 aromatic carbocycles. The molecule has 1 heterocycles. The summed E-state index contributed by atoms with van der Waals surface area (Å²) in [6, 6.07) is 15.5. The molecule has 136 valence electrons. The minimum absolute atomic E-state index is 0.0458. The van der Waals surface area contributed by atoms with Gasteiger partial charge in [-0.05, 0) is 52.8 Å². The highest BCUT2D eigenvalue weighted by molar-refractivity contribution is 14.1. The van der Waals surface area contributed by atoms with E-state index < -0.39 is 11.5 Å². The number of halogens is 1. The zero-order valence-corrected chi connectivity index (χ0v) is 16.8. The number of aliphatic hydroxyl groups is 2. The molecule has 3 rings (SSSR count). The van der Waals surface area contributed by atoms with Gasteiger partial charge in [-0.3, -0.25) is 4.79 Å². The lowest BCUT2D eigenvalue weighted by molar-refractivity contribution is -0.139. The van der Waals surface area contributed by atoms with Gasteiger partial charge in [0.15, 0.2) is 5.60 Å². The third-order valence-corrected chi connectivity index (χ3v) is 5.47. The summed E-state index contributed by atoms with van der Waals surface area (Å²) in [4.78, 5) is 14.9. The molecular weight excluding hydrogens is 441 g/mol. The summed E-state index contributed by atoms with van der Waals surface area (Å²) in [5, 5.41) is 20.4. The predicted octanol–water partition coefficient (Wildman–Crippen LogP) is 3.60. The van der Waals surface area contributed by atoms with Crippen molar-refractivity contribution in [3.8, 4) is 0 Å². The maximum atomic E-state index is 13.3. The van der Waals surface area contributed by atoms with E-state index in [1.165, 1.54) is 0 Å². The van der Waals surface area contributed by atoms with Crippen LogP contribution in [-0.2, 0) is 16.9 Å². The Labute approximate surface area is 167 Å². The van der Waals surface area contributed by atoms with Gasteiger partial charge in [0.1, 0.15) is 0 Å². The first kappa shape index (κ1) is 19.1.